The van der Waals surface area contributed by atoms with Crippen molar-refractivity contribution in [3.8, 4) is 0 Å². The molecule has 0 spiro atoms. The minimum Gasteiger partial charge on any atom is -0.254 e. The first-order valence-corrected chi connectivity index (χ1v) is 16.0. The summed E-state index contributed by atoms with van der Waals surface area (Å²) in [7, 11) is 0. The average Bonchev–Trinajstić information content (AvgIpc) is 3.21. The van der Waals surface area contributed by atoms with Crippen molar-refractivity contribution >= 4 is 88.0 Å². The van der Waals surface area contributed by atoms with E-state index >= 15 is 0 Å². The number of nitrogens with zero attached hydrogens (tertiary/aromatic N) is 12. The number of aryl methyl sites for hydroxylation is 1. The van der Waals surface area contributed by atoms with Crippen LogP contribution in [0.1, 0.15) is 5.56 Å². The molecule has 0 saturated heterocycles. The molecule has 0 saturated carbocycles. The zero-order valence-corrected chi connectivity index (χ0v) is 29.1. The Kier molecular flexibility index (Phi) is 8.68. The Balaban J connectivity index is 0.000000116. The molecule has 0 aliphatic rings. The van der Waals surface area contributed by atoms with Crippen LogP contribution in [0, 0.1) is 6.92 Å². The summed E-state index contributed by atoms with van der Waals surface area (Å²) in [4.78, 5) is 52.6. The summed E-state index contributed by atoms with van der Waals surface area (Å²) in [5.41, 5.74) is 13.1. The van der Waals surface area contributed by atoms with Crippen molar-refractivity contribution in [1.29, 1.82) is 0 Å². The largest absolute Gasteiger partial charge is 0.254 e. The molecular formula is C39H24N12Ru. The summed E-state index contributed by atoms with van der Waals surface area (Å²) >= 11 is 0. The molecule has 52 heavy (non-hydrogen) atoms. The monoisotopic (exact) mass is 762 g/mol. The minimum absolute atomic E-state index is 0. The Morgan fingerprint density at radius 3 is 1.08 bits per heavy atom. The third-order valence-corrected chi connectivity index (χ3v) is 8.32. The first kappa shape index (κ1) is 32.5. The van der Waals surface area contributed by atoms with E-state index in [-0.39, 0.29) is 19.5 Å². The summed E-state index contributed by atoms with van der Waals surface area (Å²) in [6, 6.07) is 21.7. The number of aromatic nitrogens is 12. The molecule has 0 atom stereocenters. The molecule has 0 unspecified atom stereocenters. The fraction of sp³-hybridized carbons (Fsp3) is 0.0256. The average molecular weight is 762 g/mol. The summed E-state index contributed by atoms with van der Waals surface area (Å²) in [5.74, 6) is 0. The molecule has 0 aliphatic heterocycles. The van der Waals surface area contributed by atoms with E-state index in [0.29, 0.717) is 0 Å². The second-order valence-corrected chi connectivity index (χ2v) is 11.5. The van der Waals surface area contributed by atoms with Crippen molar-refractivity contribution < 1.29 is 19.5 Å². The molecule has 12 nitrogen and oxygen atoms in total. The third-order valence-electron chi connectivity index (χ3n) is 8.32. The Hall–Kier alpha value is -6.72. The van der Waals surface area contributed by atoms with Crippen molar-refractivity contribution in [2.24, 2.45) is 0 Å². The van der Waals surface area contributed by atoms with Gasteiger partial charge in [-0.15, -0.1) is 0 Å². The normalized spacial score (nSPS) is 11.0. The number of pyridine rings is 2. The van der Waals surface area contributed by atoms with Crippen molar-refractivity contribution in [2.45, 2.75) is 6.92 Å². The van der Waals surface area contributed by atoms with Gasteiger partial charge in [0.1, 0.15) is 22.1 Å². The Morgan fingerprint density at radius 2 is 0.654 bits per heavy atom. The van der Waals surface area contributed by atoms with Crippen LogP contribution < -0.4 is 0 Å². The van der Waals surface area contributed by atoms with E-state index in [1.165, 1.54) is 5.56 Å². The van der Waals surface area contributed by atoms with Gasteiger partial charge in [0.15, 0.2) is 0 Å². The molecule has 11 aromatic rings. The summed E-state index contributed by atoms with van der Waals surface area (Å²) in [5, 5.41) is 1.98. The Labute approximate surface area is 307 Å². The molecule has 4 aromatic carbocycles. The molecule has 11 rings (SSSR count). The van der Waals surface area contributed by atoms with E-state index < -0.39 is 0 Å². The van der Waals surface area contributed by atoms with Gasteiger partial charge in [-0.05, 0) is 73.2 Å². The van der Waals surface area contributed by atoms with Crippen LogP contribution in [0.25, 0.3) is 88.0 Å². The molecule has 0 amide bonds. The molecule has 0 N–H and O–H groups in total. The van der Waals surface area contributed by atoms with Gasteiger partial charge in [-0.2, -0.15) is 0 Å². The zero-order valence-electron chi connectivity index (χ0n) is 27.3. The van der Waals surface area contributed by atoms with Crippen LogP contribution in [-0.4, -0.2) is 59.8 Å². The maximum Gasteiger partial charge on any atom is 0.116 e. The number of hydrogen-bond donors (Lipinski definition) is 0. The van der Waals surface area contributed by atoms with Crippen molar-refractivity contribution in [3.05, 3.63) is 134 Å². The predicted molar refractivity (Wildman–Crippen MR) is 198 cm³/mol. The summed E-state index contributed by atoms with van der Waals surface area (Å²) in [6.45, 7) is 2.06. The molecule has 13 heteroatoms. The SMILES string of the molecule is Cc1ccc2nc3c4cccnc4c4ncccc4c3nc2c1.[Ru].c1cnc2c(ccc3nccnc32)n1.c1cnc2c(ccc3nccnc32)n1. The molecule has 0 aliphatic carbocycles. The number of fused-ring (bicyclic) bond motifs is 13. The second kappa shape index (κ2) is 13.9. The van der Waals surface area contributed by atoms with Gasteiger partial charge in [0, 0.05) is 92.2 Å². The van der Waals surface area contributed by atoms with E-state index in [9.17, 15) is 0 Å². The quantitative estimate of drug-likeness (QED) is 0.0863. The van der Waals surface area contributed by atoms with E-state index in [2.05, 4.69) is 68.9 Å². The van der Waals surface area contributed by atoms with Crippen LogP contribution in [0.15, 0.2) is 129 Å². The number of benzene rings is 4. The zero-order chi connectivity index (χ0) is 34.1. The topological polar surface area (TPSA) is 155 Å². The number of hydrogen-bond acceptors (Lipinski definition) is 12. The van der Waals surface area contributed by atoms with Gasteiger partial charge in [-0.25, -0.2) is 9.97 Å². The van der Waals surface area contributed by atoms with Crippen LogP contribution in [0.3, 0.4) is 0 Å². The van der Waals surface area contributed by atoms with E-state index in [1.807, 2.05) is 54.6 Å². The van der Waals surface area contributed by atoms with Gasteiger partial charge in [-0.1, -0.05) is 6.07 Å². The molecule has 0 radical (unpaired) electrons. The van der Waals surface area contributed by atoms with E-state index in [4.69, 9.17) is 9.97 Å². The smallest absolute Gasteiger partial charge is 0.116 e. The second-order valence-electron chi connectivity index (χ2n) is 11.5. The standard InChI is InChI=1S/C19H12N4.2C10H6N4.Ru/c1-11-6-7-14-15(10-11)23-19-13-5-3-9-21-17(13)16-12(18(19)22-14)4-2-8-20-16;2*1-2-8-10(14-6-4-12-8)9-7(1)11-3-5-13-9;/h2-10H,1H3;2*1-6H;. The van der Waals surface area contributed by atoms with Crippen LogP contribution in [0.2, 0.25) is 0 Å². The van der Waals surface area contributed by atoms with Gasteiger partial charge in [0.25, 0.3) is 0 Å². The molecular weight excluding hydrogens is 738 g/mol. The van der Waals surface area contributed by atoms with Gasteiger partial charge < -0.3 is 0 Å². The van der Waals surface area contributed by atoms with Gasteiger partial charge in [0.2, 0.25) is 0 Å². The van der Waals surface area contributed by atoms with Crippen LogP contribution in [-0.2, 0) is 19.5 Å². The van der Waals surface area contributed by atoms with Crippen molar-refractivity contribution in [1.82, 2.24) is 59.8 Å². The molecule has 248 valence electrons. The van der Waals surface area contributed by atoms with Crippen LogP contribution in [0.5, 0.6) is 0 Å². The maximum atomic E-state index is 4.89. The van der Waals surface area contributed by atoms with Crippen LogP contribution >= 0.6 is 0 Å². The Bertz CT molecular complexity index is 2870. The van der Waals surface area contributed by atoms with Crippen LogP contribution in [0.4, 0.5) is 0 Å². The molecule has 0 fully saturated rings. The van der Waals surface area contributed by atoms with E-state index in [0.717, 1.165) is 88.0 Å². The summed E-state index contributed by atoms with van der Waals surface area (Å²) < 4.78 is 0. The first-order valence-electron chi connectivity index (χ1n) is 16.0. The predicted octanol–water partition coefficient (Wildman–Crippen LogP) is 7.33. The molecule has 0 bridgehead atoms. The molecule has 7 aromatic heterocycles. The van der Waals surface area contributed by atoms with Gasteiger partial charge in [0.05, 0.1) is 55.2 Å². The fourth-order valence-corrected chi connectivity index (χ4v) is 6.04. The van der Waals surface area contributed by atoms with Gasteiger partial charge in [-0.3, -0.25) is 49.8 Å². The van der Waals surface area contributed by atoms with Gasteiger partial charge >= 0.3 is 0 Å². The van der Waals surface area contributed by atoms with Crippen molar-refractivity contribution in [3.63, 3.8) is 0 Å². The van der Waals surface area contributed by atoms with E-state index in [1.54, 1.807) is 62.0 Å². The minimum atomic E-state index is 0. The third kappa shape index (κ3) is 5.93. The fourth-order valence-electron chi connectivity index (χ4n) is 6.04. The number of rotatable bonds is 0. The first-order chi connectivity index (χ1) is 25.2. The summed E-state index contributed by atoms with van der Waals surface area (Å²) in [6.07, 6.45) is 16.9. The molecule has 7 heterocycles. The Morgan fingerprint density at radius 1 is 0.308 bits per heavy atom. The maximum absolute atomic E-state index is 4.89. The van der Waals surface area contributed by atoms with Crippen molar-refractivity contribution in [2.75, 3.05) is 0 Å².